The van der Waals surface area contributed by atoms with Crippen molar-refractivity contribution in [3.05, 3.63) is 11.3 Å². The van der Waals surface area contributed by atoms with Crippen LogP contribution in [-0.4, -0.2) is 58.4 Å². The molecule has 2 rings (SSSR count). The monoisotopic (exact) mass is 294 g/mol. The predicted octanol–water partition coefficient (Wildman–Crippen LogP) is 0.744. The lowest BCUT2D eigenvalue weighted by molar-refractivity contribution is 0.270. The molecule has 0 aliphatic carbocycles. The van der Waals surface area contributed by atoms with Crippen molar-refractivity contribution in [1.29, 1.82) is 0 Å². The van der Waals surface area contributed by atoms with Crippen LogP contribution in [0, 0.1) is 6.92 Å². The van der Waals surface area contributed by atoms with Gasteiger partial charge in [0.15, 0.2) is 5.84 Å². The van der Waals surface area contributed by atoms with E-state index in [1.807, 2.05) is 21.0 Å². The summed E-state index contributed by atoms with van der Waals surface area (Å²) in [6.07, 6.45) is 2.47. The van der Waals surface area contributed by atoms with Crippen molar-refractivity contribution in [2.75, 3.05) is 31.6 Å². The van der Waals surface area contributed by atoms with E-state index >= 15 is 0 Å². The quantitative estimate of drug-likeness (QED) is 0.362. The Labute approximate surface area is 126 Å². The molecule has 1 aromatic rings. The molecule has 1 aliphatic heterocycles. The lowest BCUT2D eigenvalue weighted by Crippen LogP contribution is -2.40. The minimum Gasteiger partial charge on any atom is -0.409 e. The fraction of sp³-hybridized carbons (Fsp3) is 0.714. The predicted molar refractivity (Wildman–Crippen MR) is 84.0 cm³/mol. The van der Waals surface area contributed by atoms with Crippen LogP contribution in [0.2, 0.25) is 0 Å². The van der Waals surface area contributed by atoms with E-state index < -0.39 is 0 Å². The number of anilines is 1. The number of oxime groups is 1. The highest BCUT2D eigenvalue weighted by molar-refractivity contribution is 6.02. The number of nitrogens with two attached hydrogens (primary N) is 1. The number of likely N-dealkylation sites (tertiary alicyclic amines) is 1. The van der Waals surface area contributed by atoms with Gasteiger partial charge in [-0.05, 0) is 32.9 Å². The molecule has 1 unspecified atom stereocenters. The van der Waals surface area contributed by atoms with E-state index in [1.54, 1.807) is 4.68 Å². The maximum atomic E-state index is 8.99. The van der Waals surface area contributed by atoms with Crippen LogP contribution >= 0.6 is 0 Å². The van der Waals surface area contributed by atoms with E-state index in [0.29, 0.717) is 11.6 Å². The lowest BCUT2D eigenvalue weighted by Gasteiger charge is -2.29. The summed E-state index contributed by atoms with van der Waals surface area (Å²) in [7, 11) is 3.93. The fourth-order valence-electron chi connectivity index (χ4n) is 3.35. The molecule has 1 atom stereocenters. The molecule has 1 fully saturated rings. The van der Waals surface area contributed by atoms with Gasteiger partial charge < -0.3 is 15.8 Å². The summed E-state index contributed by atoms with van der Waals surface area (Å²) in [5.74, 6) is 1.01. The van der Waals surface area contributed by atoms with Gasteiger partial charge in [-0.3, -0.25) is 9.58 Å². The van der Waals surface area contributed by atoms with Gasteiger partial charge in [0.1, 0.15) is 5.82 Å². The summed E-state index contributed by atoms with van der Waals surface area (Å²) in [6, 6.07) is 0.551. The number of likely N-dealkylation sites (N-methyl/N-ethyl adjacent to an activating group) is 2. The fourth-order valence-corrected chi connectivity index (χ4v) is 3.35. The van der Waals surface area contributed by atoms with Crippen molar-refractivity contribution in [3.8, 4) is 0 Å². The first-order chi connectivity index (χ1) is 9.99. The number of rotatable bonds is 5. The molecule has 7 nitrogen and oxygen atoms in total. The van der Waals surface area contributed by atoms with Crippen LogP contribution < -0.4 is 10.6 Å². The number of hydrogen-bond acceptors (Lipinski definition) is 5. The molecular weight excluding hydrogens is 268 g/mol. The number of aromatic nitrogens is 2. The average molecular weight is 294 g/mol. The van der Waals surface area contributed by atoms with Gasteiger partial charge in [-0.1, -0.05) is 12.1 Å². The second-order valence-corrected chi connectivity index (χ2v) is 5.70. The van der Waals surface area contributed by atoms with Crippen molar-refractivity contribution in [2.45, 2.75) is 32.7 Å². The first kappa shape index (κ1) is 15.6. The molecule has 2 heterocycles. The van der Waals surface area contributed by atoms with Crippen LogP contribution in [0.15, 0.2) is 5.16 Å². The van der Waals surface area contributed by atoms with Crippen LogP contribution in [0.4, 0.5) is 5.82 Å². The Balaban J connectivity index is 2.25. The Kier molecular flexibility index (Phi) is 4.72. The van der Waals surface area contributed by atoms with Gasteiger partial charge >= 0.3 is 0 Å². The standard InChI is InChI=1S/C14H26N6O/c1-5-20-8-6-7-11(20)9-18(3)14-12(13(15)17-21)10(2)16-19(14)4/h11,21H,5-9H2,1-4H3,(H2,15,17). The maximum absolute atomic E-state index is 8.99. The number of nitrogens with zero attached hydrogens (tertiary/aromatic N) is 5. The lowest BCUT2D eigenvalue weighted by atomic mass is 10.1. The van der Waals surface area contributed by atoms with Crippen molar-refractivity contribution < 1.29 is 5.21 Å². The number of amidine groups is 1. The van der Waals surface area contributed by atoms with Crippen molar-refractivity contribution >= 4 is 11.7 Å². The molecule has 0 radical (unpaired) electrons. The summed E-state index contributed by atoms with van der Waals surface area (Å²) in [5, 5.41) is 16.5. The summed E-state index contributed by atoms with van der Waals surface area (Å²) >= 11 is 0. The van der Waals surface area contributed by atoms with Gasteiger partial charge in [-0.2, -0.15) is 5.10 Å². The Morgan fingerprint density at radius 3 is 2.90 bits per heavy atom. The Hall–Kier alpha value is -1.76. The van der Waals surface area contributed by atoms with Gasteiger partial charge in [0, 0.05) is 26.7 Å². The van der Waals surface area contributed by atoms with E-state index in [1.165, 1.54) is 19.4 Å². The zero-order valence-electron chi connectivity index (χ0n) is 13.4. The normalized spacial score (nSPS) is 20.2. The molecule has 0 saturated carbocycles. The molecule has 0 bridgehead atoms. The maximum Gasteiger partial charge on any atom is 0.175 e. The molecule has 0 aromatic carbocycles. The van der Waals surface area contributed by atoms with E-state index in [2.05, 4.69) is 27.0 Å². The summed E-state index contributed by atoms with van der Waals surface area (Å²) in [5.41, 5.74) is 7.30. The first-order valence-electron chi connectivity index (χ1n) is 7.46. The molecule has 0 amide bonds. The third kappa shape index (κ3) is 2.97. The van der Waals surface area contributed by atoms with E-state index in [-0.39, 0.29) is 5.84 Å². The van der Waals surface area contributed by atoms with Crippen LogP contribution in [-0.2, 0) is 7.05 Å². The highest BCUT2D eigenvalue weighted by atomic mass is 16.4. The number of aryl methyl sites for hydroxylation is 2. The van der Waals surface area contributed by atoms with E-state index in [0.717, 1.165) is 24.6 Å². The molecule has 21 heavy (non-hydrogen) atoms. The smallest absolute Gasteiger partial charge is 0.175 e. The van der Waals surface area contributed by atoms with Gasteiger partial charge in [0.05, 0.1) is 11.3 Å². The highest BCUT2D eigenvalue weighted by Gasteiger charge is 2.27. The first-order valence-corrected chi connectivity index (χ1v) is 7.46. The topological polar surface area (TPSA) is 82.9 Å². The van der Waals surface area contributed by atoms with Gasteiger partial charge in [-0.25, -0.2) is 0 Å². The van der Waals surface area contributed by atoms with Crippen molar-refractivity contribution in [1.82, 2.24) is 14.7 Å². The summed E-state index contributed by atoms with van der Waals surface area (Å²) in [6.45, 7) is 7.24. The van der Waals surface area contributed by atoms with E-state index in [4.69, 9.17) is 10.9 Å². The van der Waals surface area contributed by atoms with E-state index in [9.17, 15) is 0 Å². The Morgan fingerprint density at radius 2 is 2.29 bits per heavy atom. The molecular formula is C14H26N6O. The minimum atomic E-state index is 0.112. The molecule has 118 valence electrons. The molecule has 1 saturated heterocycles. The second-order valence-electron chi connectivity index (χ2n) is 5.70. The minimum absolute atomic E-state index is 0.112. The summed E-state index contributed by atoms with van der Waals surface area (Å²) < 4.78 is 1.80. The van der Waals surface area contributed by atoms with Gasteiger partial charge in [-0.15, -0.1) is 0 Å². The van der Waals surface area contributed by atoms with Crippen LogP contribution in [0.25, 0.3) is 0 Å². The van der Waals surface area contributed by atoms with Gasteiger partial charge in [0.2, 0.25) is 0 Å². The summed E-state index contributed by atoms with van der Waals surface area (Å²) in [4.78, 5) is 4.66. The molecule has 0 spiro atoms. The van der Waals surface area contributed by atoms with Crippen LogP contribution in [0.3, 0.4) is 0 Å². The molecule has 7 heteroatoms. The molecule has 1 aromatic heterocycles. The Bertz CT molecular complexity index is 524. The zero-order chi connectivity index (χ0) is 15.6. The molecule has 1 aliphatic rings. The highest BCUT2D eigenvalue weighted by Crippen LogP contribution is 2.25. The van der Waals surface area contributed by atoms with Crippen LogP contribution in [0.5, 0.6) is 0 Å². The average Bonchev–Trinajstić information content (AvgIpc) is 3.01. The second kappa shape index (κ2) is 6.34. The van der Waals surface area contributed by atoms with Crippen LogP contribution in [0.1, 0.15) is 31.0 Å². The third-order valence-electron chi connectivity index (χ3n) is 4.31. The number of hydrogen-bond donors (Lipinski definition) is 2. The SMILES string of the molecule is CCN1CCCC1CN(C)c1c(C(N)=NO)c(C)nn1C. The van der Waals surface area contributed by atoms with Gasteiger partial charge in [0.25, 0.3) is 0 Å². The third-order valence-corrected chi connectivity index (χ3v) is 4.31. The van der Waals surface area contributed by atoms with Crippen molar-refractivity contribution in [3.63, 3.8) is 0 Å². The molecule has 3 N–H and O–H groups in total. The Morgan fingerprint density at radius 1 is 1.57 bits per heavy atom. The zero-order valence-corrected chi connectivity index (χ0v) is 13.4. The van der Waals surface area contributed by atoms with Crippen molar-refractivity contribution in [2.24, 2.45) is 17.9 Å². The largest absolute Gasteiger partial charge is 0.409 e.